The fourth-order valence-corrected chi connectivity index (χ4v) is 2.17. The van der Waals surface area contributed by atoms with Crippen LogP contribution in [-0.4, -0.2) is 23.3 Å². The Balaban J connectivity index is 1.82. The highest BCUT2D eigenvalue weighted by molar-refractivity contribution is 5.52. The van der Waals surface area contributed by atoms with Gasteiger partial charge in [0.25, 0.3) is 0 Å². The smallest absolute Gasteiger partial charge is 0.247 e. The first-order valence-electron chi connectivity index (χ1n) is 6.13. The molecule has 0 unspecified atom stereocenters. The normalized spacial score (nSPS) is 19.9. The van der Waals surface area contributed by atoms with Crippen LogP contribution >= 0.6 is 0 Å². The molecule has 1 aliphatic rings. The van der Waals surface area contributed by atoms with E-state index in [0.29, 0.717) is 17.7 Å². The predicted octanol–water partition coefficient (Wildman–Crippen LogP) is 2.34. The molecule has 2 aromatic rings. The third-order valence-corrected chi connectivity index (χ3v) is 3.18. The number of hydrogen-bond donors (Lipinski definition) is 1. The summed E-state index contributed by atoms with van der Waals surface area (Å²) in [5.41, 5.74) is 0.749. The number of halogens is 1. The fourth-order valence-electron chi connectivity index (χ4n) is 2.17. The van der Waals surface area contributed by atoms with Gasteiger partial charge in [0, 0.05) is 18.0 Å². The van der Waals surface area contributed by atoms with E-state index < -0.39 is 0 Å². The van der Waals surface area contributed by atoms with Crippen LogP contribution in [0.1, 0.15) is 24.7 Å². The van der Waals surface area contributed by atoms with Crippen molar-refractivity contribution in [1.82, 2.24) is 15.5 Å². The zero-order chi connectivity index (χ0) is 12.4. The van der Waals surface area contributed by atoms with Crippen LogP contribution in [0.15, 0.2) is 28.7 Å². The number of piperidine rings is 1. The molecular formula is C13H14FN3O. The third kappa shape index (κ3) is 2.26. The molecule has 0 amide bonds. The molecule has 1 aromatic carbocycles. The first-order valence-corrected chi connectivity index (χ1v) is 6.13. The summed E-state index contributed by atoms with van der Waals surface area (Å²) in [4.78, 5) is 0. The Morgan fingerprint density at radius 3 is 2.78 bits per heavy atom. The maximum atomic E-state index is 12.8. The van der Waals surface area contributed by atoms with Crippen molar-refractivity contribution < 1.29 is 8.81 Å². The average Bonchev–Trinajstić information content (AvgIpc) is 2.90. The van der Waals surface area contributed by atoms with E-state index in [-0.39, 0.29) is 5.82 Å². The summed E-state index contributed by atoms with van der Waals surface area (Å²) >= 11 is 0. The van der Waals surface area contributed by atoms with Crippen LogP contribution in [0.2, 0.25) is 0 Å². The Labute approximate surface area is 104 Å². The second-order valence-electron chi connectivity index (χ2n) is 4.50. The Bertz CT molecular complexity index is 517. The number of hydrogen-bond acceptors (Lipinski definition) is 4. The maximum absolute atomic E-state index is 12.8. The lowest BCUT2D eigenvalue weighted by molar-refractivity contribution is 0.380. The second kappa shape index (κ2) is 4.86. The Morgan fingerprint density at radius 1 is 1.22 bits per heavy atom. The summed E-state index contributed by atoms with van der Waals surface area (Å²) in [5.74, 6) is 1.15. The Hall–Kier alpha value is -1.75. The number of benzene rings is 1. The van der Waals surface area contributed by atoms with E-state index in [1.807, 2.05) is 0 Å². The lowest BCUT2D eigenvalue weighted by Crippen LogP contribution is -2.28. The minimum absolute atomic E-state index is 0.269. The van der Waals surface area contributed by atoms with Gasteiger partial charge in [0.05, 0.1) is 0 Å². The fraction of sp³-hybridized carbons (Fsp3) is 0.385. The molecule has 3 rings (SSSR count). The molecule has 4 nitrogen and oxygen atoms in total. The minimum Gasteiger partial charge on any atom is -0.420 e. The highest BCUT2D eigenvalue weighted by Crippen LogP contribution is 2.25. The molecule has 5 heteroatoms. The van der Waals surface area contributed by atoms with E-state index in [2.05, 4.69) is 15.5 Å². The molecule has 94 valence electrons. The van der Waals surface area contributed by atoms with Crippen LogP contribution in [0.3, 0.4) is 0 Å². The van der Waals surface area contributed by atoms with Crippen LogP contribution < -0.4 is 5.32 Å². The van der Waals surface area contributed by atoms with Crippen molar-refractivity contribution in [2.45, 2.75) is 18.8 Å². The average molecular weight is 247 g/mol. The maximum Gasteiger partial charge on any atom is 0.247 e. The van der Waals surface area contributed by atoms with Gasteiger partial charge in [-0.05, 0) is 43.7 Å². The molecule has 1 saturated heterocycles. The zero-order valence-electron chi connectivity index (χ0n) is 9.90. The summed E-state index contributed by atoms with van der Waals surface area (Å²) in [7, 11) is 0. The molecule has 0 saturated carbocycles. The molecule has 0 bridgehead atoms. The number of aromatic nitrogens is 2. The molecule has 0 aliphatic carbocycles. The van der Waals surface area contributed by atoms with Gasteiger partial charge in [-0.15, -0.1) is 10.2 Å². The lowest BCUT2D eigenvalue weighted by atomic mass is 10.00. The molecular weight excluding hydrogens is 233 g/mol. The molecule has 1 fully saturated rings. The van der Waals surface area contributed by atoms with E-state index in [4.69, 9.17) is 4.42 Å². The monoisotopic (exact) mass is 247 g/mol. The van der Waals surface area contributed by atoms with Crippen LogP contribution in [0.25, 0.3) is 11.5 Å². The van der Waals surface area contributed by atoms with Gasteiger partial charge < -0.3 is 9.73 Å². The lowest BCUT2D eigenvalue weighted by Gasteiger charge is -2.18. The Kier molecular flexibility index (Phi) is 3.06. The number of nitrogens with one attached hydrogen (secondary N) is 1. The van der Waals surface area contributed by atoms with Crippen molar-refractivity contribution in [3.8, 4) is 11.5 Å². The molecule has 1 aliphatic heterocycles. The van der Waals surface area contributed by atoms with Crippen molar-refractivity contribution >= 4 is 0 Å². The van der Waals surface area contributed by atoms with E-state index in [0.717, 1.165) is 31.5 Å². The molecule has 0 radical (unpaired) electrons. The largest absolute Gasteiger partial charge is 0.420 e. The number of rotatable bonds is 2. The summed E-state index contributed by atoms with van der Waals surface area (Å²) in [6, 6.07) is 6.07. The van der Waals surface area contributed by atoms with E-state index in [1.165, 1.54) is 12.1 Å². The zero-order valence-corrected chi connectivity index (χ0v) is 9.90. The van der Waals surface area contributed by atoms with E-state index >= 15 is 0 Å². The Morgan fingerprint density at radius 2 is 2.06 bits per heavy atom. The summed E-state index contributed by atoms with van der Waals surface area (Å²) in [5, 5.41) is 11.4. The van der Waals surface area contributed by atoms with Crippen LogP contribution in [0, 0.1) is 5.82 Å². The summed E-state index contributed by atoms with van der Waals surface area (Å²) in [6.45, 7) is 1.93. The van der Waals surface area contributed by atoms with Gasteiger partial charge in [-0.3, -0.25) is 0 Å². The van der Waals surface area contributed by atoms with Crippen molar-refractivity contribution in [1.29, 1.82) is 0 Å². The predicted molar refractivity (Wildman–Crippen MR) is 64.5 cm³/mol. The standard InChI is InChI=1S/C13H14FN3O/c14-11-5-3-9(4-6-11)12-16-17-13(18-12)10-2-1-7-15-8-10/h3-6,10,15H,1-2,7-8H2/t10-/m0/s1. The van der Waals surface area contributed by atoms with Gasteiger partial charge in [0.1, 0.15) is 5.82 Å². The third-order valence-electron chi connectivity index (χ3n) is 3.18. The van der Waals surface area contributed by atoms with Crippen molar-refractivity contribution in [3.63, 3.8) is 0 Å². The minimum atomic E-state index is -0.269. The van der Waals surface area contributed by atoms with E-state index in [9.17, 15) is 4.39 Å². The molecule has 2 heterocycles. The van der Waals surface area contributed by atoms with Gasteiger partial charge in [-0.1, -0.05) is 0 Å². The van der Waals surface area contributed by atoms with Crippen molar-refractivity contribution in [3.05, 3.63) is 36.0 Å². The molecule has 0 spiro atoms. The highest BCUT2D eigenvalue weighted by atomic mass is 19.1. The van der Waals surface area contributed by atoms with Crippen LogP contribution in [-0.2, 0) is 0 Å². The second-order valence-corrected chi connectivity index (χ2v) is 4.50. The van der Waals surface area contributed by atoms with Gasteiger partial charge in [-0.25, -0.2) is 4.39 Å². The SMILES string of the molecule is Fc1ccc(-c2nnc([C@H]3CCCNC3)o2)cc1. The van der Waals surface area contributed by atoms with Crippen molar-refractivity contribution in [2.75, 3.05) is 13.1 Å². The first-order chi connectivity index (χ1) is 8.83. The van der Waals surface area contributed by atoms with E-state index in [1.54, 1.807) is 12.1 Å². The van der Waals surface area contributed by atoms with Gasteiger partial charge in [-0.2, -0.15) is 0 Å². The topological polar surface area (TPSA) is 51.0 Å². The van der Waals surface area contributed by atoms with Gasteiger partial charge >= 0.3 is 0 Å². The molecule has 18 heavy (non-hydrogen) atoms. The summed E-state index contributed by atoms with van der Waals surface area (Å²) in [6.07, 6.45) is 2.19. The molecule has 1 N–H and O–H groups in total. The molecule has 1 aromatic heterocycles. The highest BCUT2D eigenvalue weighted by Gasteiger charge is 2.21. The molecule has 1 atom stereocenters. The van der Waals surface area contributed by atoms with Crippen LogP contribution in [0.4, 0.5) is 4.39 Å². The summed E-state index contributed by atoms with van der Waals surface area (Å²) < 4.78 is 18.5. The van der Waals surface area contributed by atoms with Crippen molar-refractivity contribution in [2.24, 2.45) is 0 Å². The van der Waals surface area contributed by atoms with Gasteiger partial charge in [0.2, 0.25) is 11.8 Å². The van der Waals surface area contributed by atoms with Gasteiger partial charge in [0.15, 0.2) is 0 Å². The quantitative estimate of drug-likeness (QED) is 0.885. The first kappa shape index (κ1) is 11.3. The van der Waals surface area contributed by atoms with Crippen LogP contribution in [0.5, 0.6) is 0 Å². The number of nitrogens with zero attached hydrogens (tertiary/aromatic N) is 2.